The van der Waals surface area contributed by atoms with E-state index in [0.717, 1.165) is 0 Å². The molecule has 0 spiro atoms. The first-order valence-electron chi connectivity index (χ1n) is 5.66. The maximum absolute atomic E-state index is 12.1. The van der Waals surface area contributed by atoms with Gasteiger partial charge < -0.3 is 9.84 Å². The van der Waals surface area contributed by atoms with Crippen LogP contribution in [0.25, 0.3) is 0 Å². The zero-order valence-corrected chi connectivity index (χ0v) is 10.5. The van der Waals surface area contributed by atoms with Gasteiger partial charge in [-0.3, -0.25) is 9.36 Å². The lowest BCUT2D eigenvalue weighted by atomic mass is 10.0. The van der Waals surface area contributed by atoms with E-state index < -0.39 is 17.6 Å². The molecule has 0 aliphatic carbocycles. The predicted octanol–water partition coefficient (Wildman–Crippen LogP) is 1.69. The minimum Gasteiger partial charge on any atom is -0.484 e. The Hall–Kier alpha value is -2.04. The van der Waals surface area contributed by atoms with Crippen molar-refractivity contribution in [3.63, 3.8) is 0 Å². The number of hydrogen-bond acceptors (Lipinski definition) is 3. The summed E-state index contributed by atoms with van der Waals surface area (Å²) in [6.07, 6.45) is 2.98. The molecular weight excluding hydrogens is 234 g/mol. The van der Waals surface area contributed by atoms with Crippen molar-refractivity contribution in [2.24, 2.45) is 5.92 Å². The van der Waals surface area contributed by atoms with E-state index in [1.807, 2.05) is 0 Å². The molecule has 0 saturated heterocycles. The Bertz CT molecular complexity index is 490. The smallest absolute Gasteiger partial charge is 0.327 e. The average molecular weight is 251 g/mol. The summed E-state index contributed by atoms with van der Waals surface area (Å²) in [4.78, 5) is 23.3. The second-order valence-corrected chi connectivity index (χ2v) is 4.21. The standard InChI is InChI=1S/C13H17NO4/c1-4-8-18-10-6-5-7-14(12(10)15)11(9(2)3)13(16)17/h4-7,9,11H,1,8H2,2-3H3,(H,16,17). The first kappa shape index (κ1) is 14.0. The van der Waals surface area contributed by atoms with E-state index in [1.54, 1.807) is 19.9 Å². The third-order valence-corrected chi connectivity index (χ3v) is 2.48. The fraction of sp³-hybridized carbons (Fsp3) is 0.385. The molecule has 18 heavy (non-hydrogen) atoms. The number of rotatable bonds is 6. The maximum Gasteiger partial charge on any atom is 0.327 e. The zero-order chi connectivity index (χ0) is 13.7. The van der Waals surface area contributed by atoms with E-state index in [9.17, 15) is 14.7 Å². The van der Waals surface area contributed by atoms with Crippen molar-refractivity contribution >= 4 is 5.97 Å². The van der Waals surface area contributed by atoms with Crippen molar-refractivity contribution in [3.05, 3.63) is 41.3 Å². The molecule has 0 radical (unpaired) electrons. The highest BCUT2D eigenvalue weighted by molar-refractivity contribution is 5.72. The van der Waals surface area contributed by atoms with Crippen LogP contribution in [0.2, 0.25) is 0 Å². The summed E-state index contributed by atoms with van der Waals surface area (Å²) in [5.74, 6) is -1.10. The van der Waals surface area contributed by atoms with Crippen molar-refractivity contribution in [3.8, 4) is 5.75 Å². The number of ether oxygens (including phenoxy) is 1. The number of hydrogen-bond donors (Lipinski definition) is 1. The van der Waals surface area contributed by atoms with Gasteiger partial charge in [0.15, 0.2) is 5.75 Å². The molecule has 1 heterocycles. The van der Waals surface area contributed by atoms with E-state index in [-0.39, 0.29) is 18.3 Å². The molecule has 1 aromatic rings. The predicted molar refractivity (Wildman–Crippen MR) is 67.9 cm³/mol. The van der Waals surface area contributed by atoms with Gasteiger partial charge in [-0.1, -0.05) is 26.5 Å². The van der Waals surface area contributed by atoms with Crippen LogP contribution in [0.1, 0.15) is 19.9 Å². The Kier molecular flexibility index (Phi) is 4.71. The Balaban J connectivity index is 3.20. The van der Waals surface area contributed by atoms with Crippen molar-refractivity contribution in [1.29, 1.82) is 0 Å². The Morgan fingerprint density at radius 3 is 2.78 bits per heavy atom. The lowest BCUT2D eigenvalue weighted by Crippen LogP contribution is -2.33. The van der Waals surface area contributed by atoms with Gasteiger partial charge in [0.25, 0.3) is 5.56 Å². The van der Waals surface area contributed by atoms with Gasteiger partial charge in [0.05, 0.1) is 0 Å². The lowest BCUT2D eigenvalue weighted by molar-refractivity contribution is -0.142. The fourth-order valence-corrected chi connectivity index (χ4v) is 1.69. The second kappa shape index (κ2) is 6.05. The van der Waals surface area contributed by atoms with E-state index in [0.29, 0.717) is 0 Å². The Morgan fingerprint density at radius 2 is 2.28 bits per heavy atom. The normalized spacial score (nSPS) is 12.2. The SMILES string of the molecule is C=CCOc1cccn(C(C(=O)O)C(C)C)c1=O. The highest BCUT2D eigenvalue weighted by Gasteiger charge is 2.25. The summed E-state index contributed by atoms with van der Waals surface area (Å²) in [7, 11) is 0. The molecule has 5 heteroatoms. The van der Waals surface area contributed by atoms with Crippen LogP contribution >= 0.6 is 0 Å². The van der Waals surface area contributed by atoms with Crippen LogP contribution in [-0.2, 0) is 4.79 Å². The molecule has 0 fully saturated rings. The van der Waals surface area contributed by atoms with Crippen LogP contribution < -0.4 is 10.3 Å². The zero-order valence-electron chi connectivity index (χ0n) is 10.5. The summed E-state index contributed by atoms with van der Waals surface area (Å²) in [5, 5.41) is 9.17. The van der Waals surface area contributed by atoms with Crippen molar-refractivity contribution in [2.45, 2.75) is 19.9 Å². The van der Waals surface area contributed by atoms with Crippen LogP contribution in [0.5, 0.6) is 5.75 Å². The van der Waals surface area contributed by atoms with Gasteiger partial charge in [-0.05, 0) is 18.1 Å². The summed E-state index contributed by atoms with van der Waals surface area (Å²) >= 11 is 0. The number of carbonyl (C=O) groups is 1. The van der Waals surface area contributed by atoms with Crippen LogP contribution in [0.15, 0.2) is 35.8 Å². The summed E-state index contributed by atoms with van der Waals surface area (Å²) < 4.78 is 6.38. The molecular formula is C13H17NO4. The summed E-state index contributed by atoms with van der Waals surface area (Å²) in [5.41, 5.74) is -0.444. The minimum atomic E-state index is -1.03. The fourth-order valence-electron chi connectivity index (χ4n) is 1.69. The molecule has 0 amide bonds. The van der Waals surface area contributed by atoms with Gasteiger partial charge >= 0.3 is 5.97 Å². The number of nitrogens with zero attached hydrogens (tertiary/aromatic N) is 1. The molecule has 5 nitrogen and oxygen atoms in total. The van der Waals surface area contributed by atoms with Crippen molar-refractivity contribution in [2.75, 3.05) is 6.61 Å². The van der Waals surface area contributed by atoms with Gasteiger partial charge in [-0.25, -0.2) is 4.79 Å². The number of aliphatic carboxylic acids is 1. The number of aromatic nitrogens is 1. The molecule has 0 saturated carbocycles. The molecule has 1 atom stereocenters. The number of carboxylic acids is 1. The van der Waals surface area contributed by atoms with E-state index in [4.69, 9.17) is 4.74 Å². The van der Waals surface area contributed by atoms with Gasteiger partial charge in [0.1, 0.15) is 12.6 Å². The summed E-state index contributed by atoms with van der Waals surface area (Å²) in [6, 6.07) is 2.21. The molecule has 98 valence electrons. The van der Waals surface area contributed by atoms with Gasteiger partial charge in [0, 0.05) is 6.20 Å². The quantitative estimate of drug-likeness (QED) is 0.781. The van der Waals surface area contributed by atoms with E-state index in [2.05, 4.69) is 6.58 Å². The topological polar surface area (TPSA) is 68.5 Å². The van der Waals surface area contributed by atoms with Crippen LogP contribution in [-0.4, -0.2) is 22.2 Å². The van der Waals surface area contributed by atoms with Gasteiger partial charge in [-0.2, -0.15) is 0 Å². The first-order chi connectivity index (χ1) is 8.49. The number of pyridine rings is 1. The second-order valence-electron chi connectivity index (χ2n) is 4.21. The van der Waals surface area contributed by atoms with Crippen LogP contribution in [0.3, 0.4) is 0 Å². The average Bonchev–Trinajstić information content (AvgIpc) is 2.29. The number of carboxylic acid groups (broad SMARTS) is 1. The van der Waals surface area contributed by atoms with Gasteiger partial charge in [-0.15, -0.1) is 0 Å². The summed E-state index contributed by atoms with van der Waals surface area (Å²) in [6.45, 7) is 7.20. The van der Waals surface area contributed by atoms with Crippen LogP contribution in [0.4, 0.5) is 0 Å². The molecule has 1 unspecified atom stereocenters. The Labute approximate surface area is 105 Å². The van der Waals surface area contributed by atoms with Crippen LogP contribution in [0, 0.1) is 5.92 Å². The highest BCUT2D eigenvalue weighted by atomic mass is 16.5. The Morgan fingerprint density at radius 1 is 1.61 bits per heavy atom. The lowest BCUT2D eigenvalue weighted by Gasteiger charge is -2.19. The third-order valence-electron chi connectivity index (χ3n) is 2.48. The third kappa shape index (κ3) is 3.00. The molecule has 1 rings (SSSR count). The molecule has 1 N–H and O–H groups in total. The van der Waals surface area contributed by atoms with Crippen molar-refractivity contribution in [1.82, 2.24) is 4.57 Å². The van der Waals surface area contributed by atoms with E-state index >= 15 is 0 Å². The molecule has 0 aliphatic rings. The molecule has 0 bridgehead atoms. The molecule has 0 aromatic carbocycles. The molecule has 0 aliphatic heterocycles. The molecule has 1 aromatic heterocycles. The largest absolute Gasteiger partial charge is 0.484 e. The first-order valence-corrected chi connectivity index (χ1v) is 5.66. The van der Waals surface area contributed by atoms with E-state index in [1.165, 1.54) is 22.9 Å². The maximum atomic E-state index is 12.1. The minimum absolute atomic E-state index is 0.129. The monoisotopic (exact) mass is 251 g/mol. The highest BCUT2D eigenvalue weighted by Crippen LogP contribution is 2.17. The van der Waals surface area contributed by atoms with Gasteiger partial charge in [0.2, 0.25) is 0 Å². The van der Waals surface area contributed by atoms with Crippen molar-refractivity contribution < 1.29 is 14.6 Å².